The Morgan fingerprint density at radius 3 is 2.14 bits per heavy atom. The van der Waals surface area contributed by atoms with E-state index < -0.39 is 0 Å². The minimum Gasteiger partial charge on any atom is -0.488 e. The highest BCUT2D eigenvalue weighted by atomic mass is 16.5. The molecule has 4 bridgehead atoms. The summed E-state index contributed by atoms with van der Waals surface area (Å²) >= 11 is 0. The summed E-state index contributed by atoms with van der Waals surface area (Å²) in [6.45, 7) is 0. The predicted molar refractivity (Wildman–Crippen MR) is 77.3 cm³/mol. The second-order valence-electron chi connectivity index (χ2n) is 6.92. The van der Waals surface area contributed by atoms with Gasteiger partial charge in [0, 0.05) is 0 Å². The predicted octanol–water partition coefficient (Wildman–Crippen LogP) is 3.63. The summed E-state index contributed by atoms with van der Waals surface area (Å²) in [6, 6.07) is 9.56. The summed E-state index contributed by atoms with van der Waals surface area (Å²) in [6.07, 6.45) is 6.83. The second-order valence-corrected chi connectivity index (χ2v) is 6.92. The topological polar surface area (TPSA) is 56.8 Å². The Hall–Kier alpha value is -2.00. The van der Waals surface area contributed by atoms with Gasteiger partial charge < -0.3 is 4.74 Å². The molecular formula is C18H18N2O. The van der Waals surface area contributed by atoms with Gasteiger partial charge >= 0.3 is 0 Å². The third-order valence-electron chi connectivity index (χ3n) is 5.66. The van der Waals surface area contributed by atoms with E-state index in [-0.39, 0.29) is 6.10 Å². The molecular weight excluding hydrogens is 260 g/mol. The van der Waals surface area contributed by atoms with Gasteiger partial charge in [-0.2, -0.15) is 10.5 Å². The monoisotopic (exact) mass is 278 g/mol. The van der Waals surface area contributed by atoms with Crippen LogP contribution < -0.4 is 4.74 Å². The van der Waals surface area contributed by atoms with E-state index in [1.54, 1.807) is 6.07 Å². The van der Waals surface area contributed by atoms with Gasteiger partial charge in [-0.15, -0.1) is 0 Å². The fraction of sp³-hybridized carbons (Fsp3) is 0.556. The second kappa shape index (κ2) is 4.78. The van der Waals surface area contributed by atoms with Gasteiger partial charge in [0.15, 0.2) is 0 Å². The van der Waals surface area contributed by atoms with Crippen molar-refractivity contribution in [1.29, 1.82) is 10.5 Å². The fourth-order valence-corrected chi connectivity index (χ4v) is 5.05. The Morgan fingerprint density at radius 1 is 0.905 bits per heavy atom. The van der Waals surface area contributed by atoms with E-state index in [1.165, 1.54) is 32.1 Å². The Morgan fingerprint density at radius 2 is 1.57 bits per heavy atom. The number of benzene rings is 1. The summed E-state index contributed by atoms with van der Waals surface area (Å²) in [4.78, 5) is 0. The molecule has 0 spiro atoms. The van der Waals surface area contributed by atoms with Crippen molar-refractivity contribution < 1.29 is 4.74 Å². The Kier molecular flexibility index (Phi) is 2.89. The van der Waals surface area contributed by atoms with Crippen molar-refractivity contribution in [1.82, 2.24) is 0 Å². The van der Waals surface area contributed by atoms with Crippen LogP contribution in [0, 0.1) is 46.3 Å². The molecule has 0 aliphatic heterocycles. The van der Waals surface area contributed by atoms with Crippen molar-refractivity contribution in [2.24, 2.45) is 23.7 Å². The van der Waals surface area contributed by atoms with E-state index >= 15 is 0 Å². The van der Waals surface area contributed by atoms with Gasteiger partial charge in [-0.05, 0) is 67.9 Å². The maximum absolute atomic E-state index is 9.33. The van der Waals surface area contributed by atoms with Crippen LogP contribution in [0.3, 0.4) is 0 Å². The lowest BCUT2D eigenvalue weighted by atomic mass is 9.55. The smallest absolute Gasteiger partial charge is 0.138 e. The van der Waals surface area contributed by atoms with Gasteiger partial charge in [0.25, 0.3) is 0 Å². The highest BCUT2D eigenvalue weighted by molar-refractivity contribution is 5.53. The van der Waals surface area contributed by atoms with Crippen molar-refractivity contribution in [3.8, 4) is 17.9 Å². The van der Waals surface area contributed by atoms with Gasteiger partial charge in [-0.1, -0.05) is 6.07 Å². The third kappa shape index (κ3) is 2.00. The molecule has 0 aromatic heterocycles. The van der Waals surface area contributed by atoms with Gasteiger partial charge in [0.05, 0.1) is 5.56 Å². The molecule has 3 nitrogen and oxygen atoms in total. The Balaban J connectivity index is 1.63. The van der Waals surface area contributed by atoms with Crippen LogP contribution in [0.4, 0.5) is 0 Å². The molecule has 5 rings (SSSR count). The van der Waals surface area contributed by atoms with Crippen LogP contribution in [-0.4, -0.2) is 6.10 Å². The zero-order valence-corrected chi connectivity index (χ0v) is 12.0. The van der Waals surface area contributed by atoms with E-state index in [0.717, 1.165) is 11.8 Å². The number of nitriles is 2. The van der Waals surface area contributed by atoms with Gasteiger partial charge in [0.1, 0.15) is 29.6 Å². The maximum Gasteiger partial charge on any atom is 0.138 e. The zero-order chi connectivity index (χ0) is 14.4. The average Bonchev–Trinajstić information content (AvgIpc) is 2.49. The molecule has 0 saturated heterocycles. The molecule has 4 aliphatic carbocycles. The zero-order valence-electron chi connectivity index (χ0n) is 12.0. The lowest BCUT2D eigenvalue weighted by Gasteiger charge is -2.53. The van der Waals surface area contributed by atoms with Crippen LogP contribution in [0.15, 0.2) is 18.2 Å². The molecule has 1 aromatic carbocycles. The molecule has 21 heavy (non-hydrogen) atoms. The largest absolute Gasteiger partial charge is 0.488 e. The van der Waals surface area contributed by atoms with Crippen LogP contribution in [-0.2, 0) is 0 Å². The molecule has 3 heteroatoms. The lowest BCUT2D eigenvalue weighted by Crippen LogP contribution is -2.50. The first-order valence-corrected chi connectivity index (χ1v) is 7.88. The Bertz CT molecular complexity index is 624. The van der Waals surface area contributed by atoms with Crippen molar-refractivity contribution in [3.63, 3.8) is 0 Å². The van der Waals surface area contributed by atoms with Gasteiger partial charge in [0.2, 0.25) is 0 Å². The molecule has 4 fully saturated rings. The number of rotatable bonds is 2. The van der Waals surface area contributed by atoms with Gasteiger partial charge in [-0.25, -0.2) is 0 Å². The summed E-state index contributed by atoms with van der Waals surface area (Å²) in [5.74, 6) is 3.73. The summed E-state index contributed by atoms with van der Waals surface area (Å²) in [5, 5.41) is 18.5. The van der Waals surface area contributed by atoms with E-state index in [2.05, 4.69) is 12.1 Å². The SMILES string of the molecule is N#Cc1cccc(OC2C3CC4CC(C3)CC2C4)c1C#N. The summed E-state index contributed by atoms with van der Waals surface area (Å²) < 4.78 is 6.28. The molecule has 0 heterocycles. The molecule has 1 aromatic rings. The number of hydrogen-bond acceptors (Lipinski definition) is 3. The Labute approximate surface area is 125 Å². The van der Waals surface area contributed by atoms with Crippen molar-refractivity contribution >= 4 is 0 Å². The molecule has 0 amide bonds. The standard InChI is InChI=1S/C18H18N2O/c19-9-13-2-1-3-17(16(13)10-20)21-18-14-5-11-4-12(7-14)8-15(18)6-11/h1-3,11-12,14-15,18H,4-8H2. The number of ether oxygens (including phenoxy) is 1. The molecule has 4 aliphatic rings. The molecule has 106 valence electrons. The van der Waals surface area contributed by atoms with Crippen molar-refractivity contribution in [2.75, 3.05) is 0 Å². The van der Waals surface area contributed by atoms with E-state index in [1.807, 2.05) is 12.1 Å². The van der Waals surface area contributed by atoms with Crippen LogP contribution in [0.25, 0.3) is 0 Å². The fourth-order valence-electron chi connectivity index (χ4n) is 5.05. The highest BCUT2D eigenvalue weighted by Crippen LogP contribution is 2.54. The first-order valence-electron chi connectivity index (χ1n) is 7.88. The minimum atomic E-state index is 0.249. The van der Waals surface area contributed by atoms with Crippen molar-refractivity contribution in [3.05, 3.63) is 29.3 Å². The maximum atomic E-state index is 9.33. The molecule has 0 atom stereocenters. The number of hydrogen-bond donors (Lipinski definition) is 0. The molecule has 0 N–H and O–H groups in total. The quantitative estimate of drug-likeness (QED) is 0.830. The minimum absolute atomic E-state index is 0.249. The highest BCUT2D eigenvalue weighted by Gasteiger charge is 2.49. The summed E-state index contributed by atoms with van der Waals surface area (Å²) in [5.41, 5.74) is 0.813. The van der Waals surface area contributed by atoms with Crippen LogP contribution in [0.2, 0.25) is 0 Å². The lowest BCUT2D eigenvalue weighted by molar-refractivity contribution is -0.0790. The first-order chi connectivity index (χ1) is 10.3. The van der Waals surface area contributed by atoms with E-state index in [9.17, 15) is 5.26 Å². The number of nitrogens with zero attached hydrogens (tertiary/aromatic N) is 2. The van der Waals surface area contributed by atoms with Crippen molar-refractivity contribution in [2.45, 2.75) is 38.2 Å². The molecule has 0 radical (unpaired) electrons. The average molecular weight is 278 g/mol. The van der Waals surface area contributed by atoms with Crippen LogP contribution >= 0.6 is 0 Å². The first kappa shape index (κ1) is 12.7. The van der Waals surface area contributed by atoms with E-state index in [4.69, 9.17) is 10.00 Å². The van der Waals surface area contributed by atoms with Crippen LogP contribution in [0.1, 0.15) is 43.2 Å². The molecule has 4 saturated carbocycles. The van der Waals surface area contributed by atoms with Crippen LogP contribution in [0.5, 0.6) is 5.75 Å². The normalized spacial score (nSPS) is 36.0. The summed E-state index contributed by atoms with van der Waals surface area (Å²) in [7, 11) is 0. The molecule has 0 unspecified atom stereocenters. The van der Waals surface area contributed by atoms with Gasteiger partial charge in [-0.3, -0.25) is 0 Å². The third-order valence-corrected chi connectivity index (χ3v) is 5.66. The van der Waals surface area contributed by atoms with E-state index in [0.29, 0.717) is 28.7 Å².